The number of nitrogens with zero attached hydrogens (tertiary/aromatic N) is 3. The monoisotopic (exact) mass is 420 g/mol. The van der Waals surface area contributed by atoms with Crippen molar-refractivity contribution in [3.8, 4) is 11.3 Å². The van der Waals surface area contributed by atoms with Crippen molar-refractivity contribution in [1.82, 2.24) is 4.98 Å². The van der Waals surface area contributed by atoms with Gasteiger partial charge in [0.25, 0.3) is 0 Å². The molecule has 9 heteroatoms. The summed E-state index contributed by atoms with van der Waals surface area (Å²) in [5.41, 5.74) is 2.14. The Kier molecular flexibility index (Phi) is 6.08. The largest absolute Gasteiger partial charge is 0.477 e. The fourth-order valence-corrected chi connectivity index (χ4v) is 3.28. The first-order valence-corrected chi connectivity index (χ1v) is 9.38. The molecule has 27 heavy (non-hydrogen) atoms. The number of carbonyl (C=O) groups is 1. The molecule has 0 bridgehead atoms. The second-order valence-electron chi connectivity index (χ2n) is 5.50. The number of carboxylic acid groups (broad SMARTS) is 1. The topological polar surface area (TPSA) is 91.8 Å². The predicted octanol–water partition coefficient (Wildman–Crippen LogP) is 4.48. The molecule has 0 atom stereocenters. The van der Waals surface area contributed by atoms with Crippen molar-refractivity contribution >= 4 is 51.4 Å². The van der Waals surface area contributed by atoms with Gasteiger partial charge in [-0.05, 0) is 17.7 Å². The number of benzene rings is 2. The van der Waals surface area contributed by atoms with Crippen LogP contribution < -0.4 is 11.0 Å². The van der Waals surface area contributed by atoms with E-state index < -0.39 is 5.97 Å². The second-order valence-corrected chi connectivity index (χ2v) is 7.15. The lowest BCUT2D eigenvalue weighted by Gasteiger charge is -2.10. The van der Waals surface area contributed by atoms with Crippen LogP contribution in [0.5, 0.6) is 0 Å². The lowest BCUT2D eigenvalue weighted by Crippen LogP contribution is -2.29. The number of hydrazone groups is 1. The molecule has 0 saturated heterocycles. The molecule has 138 valence electrons. The van der Waals surface area contributed by atoms with Crippen molar-refractivity contribution in [2.24, 2.45) is 10.9 Å². The molecular weight excluding hydrogens is 407 g/mol. The van der Waals surface area contributed by atoms with E-state index >= 15 is 0 Å². The van der Waals surface area contributed by atoms with Crippen LogP contribution in [-0.2, 0) is 11.2 Å². The van der Waals surface area contributed by atoms with Gasteiger partial charge in [-0.1, -0.05) is 59.6 Å². The normalized spacial score (nSPS) is 11.4. The number of hydrogen-bond acceptors (Lipinski definition) is 6. The summed E-state index contributed by atoms with van der Waals surface area (Å²) in [6.45, 7) is 0. The van der Waals surface area contributed by atoms with E-state index in [4.69, 9.17) is 29.0 Å². The second kappa shape index (κ2) is 8.49. The third-order valence-corrected chi connectivity index (χ3v) is 5.16. The molecule has 2 aromatic carbocycles. The van der Waals surface area contributed by atoms with Crippen LogP contribution in [-0.4, -0.2) is 21.8 Å². The number of halogens is 2. The zero-order chi connectivity index (χ0) is 19.4. The molecule has 0 aliphatic heterocycles. The average Bonchev–Trinajstić information content (AvgIpc) is 3.14. The fourth-order valence-electron chi connectivity index (χ4n) is 2.27. The highest BCUT2D eigenvalue weighted by Crippen LogP contribution is 2.31. The molecular formula is C18H14Cl2N4O2S. The summed E-state index contributed by atoms with van der Waals surface area (Å²) in [6.07, 6.45) is 0.148. The van der Waals surface area contributed by atoms with Gasteiger partial charge in [-0.15, -0.1) is 11.3 Å². The summed E-state index contributed by atoms with van der Waals surface area (Å²) in [6, 6.07) is 14.3. The van der Waals surface area contributed by atoms with Gasteiger partial charge in [0.05, 0.1) is 15.7 Å². The maximum absolute atomic E-state index is 11.5. The Bertz CT molecular complexity index is 992. The van der Waals surface area contributed by atoms with Crippen LogP contribution >= 0.6 is 34.5 Å². The van der Waals surface area contributed by atoms with Crippen LogP contribution in [0.1, 0.15) is 5.56 Å². The van der Waals surface area contributed by atoms with Gasteiger partial charge in [0.2, 0.25) is 5.13 Å². The number of hydrazine groups is 1. The minimum atomic E-state index is -1.14. The minimum absolute atomic E-state index is 0.0880. The molecule has 0 spiro atoms. The van der Waals surface area contributed by atoms with Crippen LogP contribution in [0, 0.1) is 0 Å². The number of aromatic nitrogens is 1. The lowest BCUT2D eigenvalue weighted by molar-refractivity contribution is -0.129. The van der Waals surface area contributed by atoms with Gasteiger partial charge in [0, 0.05) is 17.4 Å². The van der Waals surface area contributed by atoms with E-state index in [1.54, 1.807) is 23.6 Å². The number of aliphatic carboxylic acids is 1. The molecule has 3 N–H and O–H groups in total. The molecule has 0 aliphatic rings. The number of carboxylic acids is 1. The van der Waals surface area contributed by atoms with E-state index in [2.05, 4.69) is 10.1 Å². The third-order valence-electron chi connectivity index (χ3n) is 3.59. The first-order valence-electron chi connectivity index (χ1n) is 7.74. The summed E-state index contributed by atoms with van der Waals surface area (Å²) >= 11 is 13.2. The van der Waals surface area contributed by atoms with E-state index in [1.165, 1.54) is 11.3 Å². The first kappa shape index (κ1) is 19.3. The summed E-state index contributed by atoms with van der Waals surface area (Å²) in [5.74, 6) is 4.77. The van der Waals surface area contributed by atoms with Gasteiger partial charge in [0.15, 0.2) is 5.71 Å². The van der Waals surface area contributed by atoms with Crippen LogP contribution in [0.2, 0.25) is 10.0 Å². The molecule has 0 fully saturated rings. The minimum Gasteiger partial charge on any atom is -0.477 e. The zero-order valence-corrected chi connectivity index (χ0v) is 16.2. The SMILES string of the molecule is NN(/N=C(\Cc1ccccc1)C(=O)O)c1nc(-c2ccc(Cl)c(Cl)c2)cs1. The van der Waals surface area contributed by atoms with Crippen LogP contribution in [0.25, 0.3) is 11.3 Å². The van der Waals surface area contributed by atoms with E-state index in [1.807, 2.05) is 30.3 Å². The Morgan fingerprint density at radius 2 is 1.93 bits per heavy atom. The lowest BCUT2D eigenvalue weighted by atomic mass is 10.1. The summed E-state index contributed by atoms with van der Waals surface area (Å²) in [5, 5.41) is 17.4. The van der Waals surface area contributed by atoms with Gasteiger partial charge < -0.3 is 5.11 Å². The number of thiazole rings is 1. The zero-order valence-electron chi connectivity index (χ0n) is 13.8. The van der Waals surface area contributed by atoms with Gasteiger partial charge in [-0.2, -0.15) is 10.2 Å². The molecule has 0 radical (unpaired) electrons. The predicted molar refractivity (Wildman–Crippen MR) is 109 cm³/mol. The van der Waals surface area contributed by atoms with Crippen molar-refractivity contribution in [1.29, 1.82) is 0 Å². The van der Waals surface area contributed by atoms with Crippen molar-refractivity contribution < 1.29 is 9.90 Å². The molecule has 0 unspecified atom stereocenters. The summed E-state index contributed by atoms with van der Waals surface area (Å²) < 4.78 is 0. The fraction of sp³-hybridized carbons (Fsp3) is 0.0556. The first-order chi connectivity index (χ1) is 12.9. The van der Waals surface area contributed by atoms with Crippen LogP contribution in [0.3, 0.4) is 0 Å². The van der Waals surface area contributed by atoms with Gasteiger partial charge >= 0.3 is 5.97 Å². The van der Waals surface area contributed by atoms with Gasteiger partial charge in [-0.3, -0.25) is 0 Å². The molecule has 0 amide bonds. The summed E-state index contributed by atoms with van der Waals surface area (Å²) in [4.78, 5) is 15.9. The maximum Gasteiger partial charge on any atom is 0.352 e. The number of anilines is 1. The van der Waals surface area contributed by atoms with Gasteiger partial charge in [0.1, 0.15) is 0 Å². The highest BCUT2D eigenvalue weighted by Gasteiger charge is 2.15. The molecule has 1 heterocycles. The van der Waals surface area contributed by atoms with Crippen molar-refractivity contribution in [2.45, 2.75) is 6.42 Å². The Balaban J connectivity index is 1.82. The molecule has 6 nitrogen and oxygen atoms in total. The van der Waals surface area contributed by atoms with E-state index in [0.29, 0.717) is 20.9 Å². The van der Waals surface area contributed by atoms with Gasteiger partial charge in [-0.25, -0.2) is 15.6 Å². The average molecular weight is 421 g/mol. The van der Waals surface area contributed by atoms with Crippen molar-refractivity contribution in [2.75, 3.05) is 5.12 Å². The van der Waals surface area contributed by atoms with E-state index in [0.717, 1.165) is 16.2 Å². The molecule has 0 aliphatic carbocycles. The Morgan fingerprint density at radius 1 is 1.19 bits per heavy atom. The quantitative estimate of drug-likeness (QED) is 0.348. The molecule has 3 aromatic rings. The van der Waals surface area contributed by atoms with Crippen LogP contribution in [0.4, 0.5) is 5.13 Å². The number of rotatable bonds is 6. The van der Waals surface area contributed by atoms with Crippen molar-refractivity contribution in [3.05, 3.63) is 69.5 Å². The Morgan fingerprint density at radius 3 is 2.59 bits per heavy atom. The Hall–Kier alpha value is -2.45. The molecule has 0 saturated carbocycles. The highest BCUT2D eigenvalue weighted by molar-refractivity contribution is 7.14. The number of hydrogen-bond donors (Lipinski definition) is 2. The smallest absolute Gasteiger partial charge is 0.352 e. The van der Waals surface area contributed by atoms with Crippen LogP contribution in [0.15, 0.2) is 59.0 Å². The van der Waals surface area contributed by atoms with E-state index in [-0.39, 0.29) is 12.1 Å². The Labute approximate surface area is 169 Å². The van der Waals surface area contributed by atoms with E-state index in [9.17, 15) is 9.90 Å². The maximum atomic E-state index is 11.5. The summed E-state index contributed by atoms with van der Waals surface area (Å²) in [7, 11) is 0. The molecule has 3 rings (SSSR count). The molecule has 1 aromatic heterocycles. The number of nitrogens with two attached hydrogens (primary N) is 1. The highest BCUT2D eigenvalue weighted by atomic mass is 35.5. The van der Waals surface area contributed by atoms with Crippen molar-refractivity contribution in [3.63, 3.8) is 0 Å². The standard InChI is InChI=1S/C18H14Cl2N4O2S/c19-13-7-6-12(9-14(13)20)16-10-27-18(22-16)24(21)23-15(17(25)26)8-11-4-2-1-3-5-11/h1-7,9-10H,8,21H2,(H,25,26)/b23-15+. The third kappa shape index (κ3) is 4.84.